The Labute approximate surface area is 188 Å². The van der Waals surface area contributed by atoms with Gasteiger partial charge in [0.15, 0.2) is 5.13 Å². The number of aromatic nitrogens is 1. The number of rotatable bonds is 4. The zero-order chi connectivity index (χ0) is 21.4. The van der Waals surface area contributed by atoms with Gasteiger partial charge < -0.3 is 4.90 Å². The lowest BCUT2D eigenvalue weighted by molar-refractivity contribution is -0.124. The van der Waals surface area contributed by atoms with Crippen molar-refractivity contribution in [3.05, 3.63) is 29.1 Å². The number of aryl methyl sites for hydroxylation is 1. The minimum Gasteiger partial charge on any atom is -0.312 e. The van der Waals surface area contributed by atoms with E-state index in [4.69, 9.17) is 4.98 Å². The summed E-state index contributed by atoms with van der Waals surface area (Å²) < 4.78 is 0. The normalized spacial score (nSPS) is 19.6. The van der Waals surface area contributed by atoms with Crippen LogP contribution in [0.1, 0.15) is 63.4 Å². The number of amides is 2. The third-order valence-electron chi connectivity index (χ3n) is 7.28. The number of carbonyl (C=O) groups excluding carboxylic acids is 2. The van der Waals surface area contributed by atoms with Gasteiger partial charge in [-0.05, 0) is 56.2 Å². The quantitative estimate of drug-likeness (QED) is 0.641. The Hall–Kier alpha value is -2.21. The van der Waals surface area contributed by atoms with E-state index in [1.165, 1.54) is 36.2 Å². The Morgan fingerprint density at radius 3 is 2.55 bits per heavy atom. The minimum atomic E-state index is 0.175. The van der Waals surface area contributed by atoms with E-state index in [2.05, 4.69) is 18.2 Å². The second kappa shape index (κ2) is 8.73. The molecule has 6 heteroatoms. The van der Waals surface area contributed by atoms with Crippen molar-refractivity contribution in [2.24, 2.45) is 11.8 Å². The summed E-state index contributed by atoms with van der Waals surface area (Å²) in [6.07, 6.45) is 10.9. The summed E-state index contributed by atoms with van der Waals surface area (Å²) >= 11 is 1.52. The van der Waals surface area contributed by atoms with Crippen LogP contribution in [0.5, 0.6) is 0 Å². The van der Waals surface area contributed by atoms with E-state index in [1.807, 2.05) is 17.3 Å². The van der Waals surface area contributed by atoms with Gasteiger partial charge in [0.2, 0.25) is 11.8 Å². The Kier molecular flexibility index (Phi) is 5.83. The summed E-state index contributed by atoms with van der Waals surface area (Å²) in [5.74, 6) is 0.882. The van der Waals surface area contributed by atoms with Gasteiger partial charge in [0.25, 0.3) is 0 Å². The molecule has 0 saturated heterocycles. The Morgan fingerprint density at radius 2 is 1.81 bits per heavy atom. The summed E-state index contributed by atoms with van der Waals surface area (Å²) in [5, 5.41) is 2.80. The van der Waals surface area contributed by atoms with Gasteiger partial charge in [-0.3, -0.25) is 14.5 Å². The van der Waals surface area contributed by atoms with Gasteiger partial charge in [-0.25, -0.2) is 4.98 Å². The Morgan fingerprint density at radius 1 is 1.03 bits per heavy atom. The smallest absolute Gasteiger partial charge is 0.231 e. The summed E-state index contributed by atoms with van der Waals surface area (Å²) in [7, 11) is 1.84. The molecule has 2 amide bonds. The van der Waals surface area contributed by atoms with E-state index < -0.39 is 0 Å². The molecule has 2 saturated carbocycles. The molecule has 31 heavy (non-hydrogen) atoms. The van der Waals surface area contributed by atoms with Crippen LogP contribution in [-0.2, 0) is 16.0 Å². The maximum atomic E-state index is 13.2. The average molecular weight is 438 g/mol. The van der Waals surface area contributed by atoms with Gasteiger partial charge in [0.1, 0.15) is 0 Å². The number of hydrogen-bond donors (Lipinski definition) is 0. The molecule has 3 aliphatic rings. The molecule has 0 N–H and O–H groups in total. The van der Waals surface area contributed by atoms with E-state index in [0.717, 1.165) is 73.6 Å². The molecule has 0 unspecified atom stereocenters. The van der Waals surface area contributed by atoms with Crippen LogP contribution in [0.4, 0.5) is 10.8 Å². The van der Waals surface area contributed by atoms with Crippen LogP contribution in [0.2, 0.25) is 0 Å². The number of anilines is 2. The van der Waals surface area contributed by atoms with Crippen LogP contribution in [0, 0.1) is 11.8 Å². The fourth-order valence-electron chi connectivity index (χ4n) is 5.13. The standard InChI is InChI=1S/C25H31N3O2S/c1-27(23(29)17-9-5-10-17)25-26-21(16-31-25)19-12-13-22-20(15-19)11-6-14-28(22)24(30)18-7-3-2-4-8-18/h12-13,15-18H,2-11,14H2,1H3. The molecule has 5 nitrogen and oxygen atoms in total. The fourth-order valence-corrected chi connectivity index (χ4v) is 5.93. The zero-order valence-electron chi connectivity index (χ0n) is 18.3. The predicted octanol–water partition coefficient (Wildman–Crippen LogP) is 5.43. The van der Waals surface area contributed by atoms with Crippen LogP contribution < -0.4 is 9.80 Å². The second-order valence-corrected chi connectivity index (χ2v) is 10.1. The first-order valence-electron chi connectivity index (χ1n) is 11.8. The van der Waals surface area contributed by atoms with Crippen molar-refractivity contribution >= 4 is 34.0 Å². The molecule has 1 aromatic heterocycles. The number of benzene rings is 1. The fraction of sp³-hybridized carbons (Fsp3) is 0.560. The van der Waals surface area contributed by atoms with Crippen LogP contribution in [0.3, 0.4) is 0 Å². The molecule has 0 atom stereocenters. The predicted molar refractivity (Wildman–Crippen MR) is 126 cm³/mol. The first kappa shape index (κ1) is 20.7. The van der Waals surface area contributed by atoms with E-state index >= 15 is 0 Å². The molecular weight excluding hydrogens is 406 g/mol. The topological polar surface area (TPSA) is 53.5 Å². The number of nitrogens with zero attached hydrogens (tertiary/aromatic N) is 3. The van der Waals surface area contributed by atoms with E-state index in [9.17, 15) is 9.59 Å². The van der Waals surface area contributed by atoms with Gasteiger partial charge in [-0.2, -0.15) is 0 Å². The maximum absolute atomic E-state index is 13.2. The highest BCUT2D eigenvalue weighted by atomic mass is 32.1. The van der Waals surface area contributed by atoms with Crippen LogP contribution in [0.25, 0.3) is 11.3 Å². The van der Waals surface area contributed by atoms with Crippen molar-refractivity contribution < 1.29 is 9.59 Å². The number of thiazole rings is 1. The lowest BCUT2D eigenvalue weighted by atomic mass is 9.84. The number of hydrogen-bond acceptors (Lipinski definition) is 4. The Balaban J connectivity index is 1.35. The monoisotopic (exact) mass is 437 g/mol. The minimum absolute atomic E-state index is 0.175. The van der Waals surface area contributed by atoms with Gasteiger partial charge in [0.05, 0.1) is 5.69 Å². The van der Waals surface area contributed by atoms with Gasteiger partial charge in [-0.1, -0.05) is 31.7 Å². The highest BCUT2D eigenvalue weighted by Crippen LogP contribution is 2.36. The van der Waals surface area contributed by atoms with Crippen molar-refractivity contribution in [1.29, 1.82) is 0 Å². The molecule has 2 aromatic rings. The van der Waals surface area contributed by atoms with E-state index in [0.29, 0.717) is 5.91 Å². The number of carbonyl (C=O) groups is 2. The summed E-state index contributed by atoms with van der Waals surface area (Å²) in [6, 6.07) is 6.38. The highest BCUT2D eigenvalue weighted by molar-refractivity contribution is 7.14. The summed E-state index contributed by atoms with van der Waals surface area (Å²) in [5.41, 5.74) is 4.30. The van der Waals surface area contributed by atoms with Crippen molar-refractivity contribution in [2.75, 3.05) is 23.4 Å². The average Bonchev–Trinajstić information content (AvgIpc) is 3.27. The molecule has 0 bridgehead atoms. The Bertz CT molecular complexity index is 975. The SMILES string of the molecule is CN(C(=O)C1CCC1)c1nc(-c2ccc3c(c2)CCCN3C(=O)C2CCCCC2)cs1. The molecule has 0 spiro atoms. The van der Waals surface area contributed by atoms with Crippen LogP contribution >= 0.6 is 11.3 Å². The lowest BCUT2D eigenvalue weighted by Crippen LogP contribution is -2.40. The molecule has 1 aliphatic heterocycles. The molecule has 2 aliphatic carbocycles. The number of fused-ring (bicyclic) bond motifs is 1. The van der Waals surface area contributed by atoms with Crippen molar-refractivity contribution in [3.63, 3.8) is 0 Å². The summed E-state index contributed by atoms with van der Waals surface area (Å²) in [4.78, 5) is 34.2. The third kappa shape index (κ3) is 4.02. The summed E-state index contributed by atoms with van der Waals surface area (Å²) in [6.45, 7) is 0.830. The highest BCUT2D eigenvalue weighted by Gasteiger charge is 2.31. The molecule has 2 fully saturated rings. The molecule has 0 radical (unpaired) electrons. The molecule has 1 aromatic carbocycles. The van der Waals surface area contributed by atoms with Gasteiger partial charge in [0, 0.05) is 42.1 Å². The maximum Gasteiger partial charge on any atom is 0.231 e. The van der Waals surface area contributed by atoms with Gasteiger partial charge >= 0.3 is 0 Å². The molecule has 164 valence electrons. The largest absolute Gasteiger partial charge is 0.312 e. The molecule has 2 heterocycles. The van der Waals surface area contributed by atoms with Crippen molar-refractivity contribution in [2.45, 2.75) is 64.2 Å². The molecule has 5 rings (SSSR count). The lowest BCUT2D eigenvalue weighted by Gasteiger charge is -2.33. The zero-order valence-corrected chi connectivity index (χ0v) is 19.1. The van der Waals surface area contributed by atoms with E-state index in [-0.39, 0.29) is 17.7 Å². The molecular formula is C25H31N3O2S. The first-order valence-corrected chi connectivity index (χ1v) is 12.7. The van der Waals surface area contributed by atoms with Crippen molar-refractivity contribution in [3.8, 4) is 11.3 Å². The van der Waals surface area contributed by atoms with Crippen LogP contribution in [0.15, 0.2) is 23.6 Å². The third-order valence-corrected chi connectivity index (χ3v) is 8.20. The first-order chi connectivity index (χ1) is 15.1. The van der Waals surface area contributed by atoms with Gasteiger partial charge in [-0.15, -0.1) is 11.3 Å². The van der Waals surface area contributed by atoms with Crippen molar-refractivity contribution in [1.82, 2.24) is 4.98 Å². The van der Waals surface area contributed by atoms with Crippen LogP contribution in [-0.4, -0.2) is 30.4 Å². The van der Waals surface area contributed by atoms with E-state index in [1.54, 1.807) is 4.90 Å². The second-order valence-electron chi connectivity index (χ2n) is 9.31.